The van der Waals surface area contributed by atoms with Crippen LogP contribution in [0.25, 0.3) is 11.3 Å². The average Bonchev–Trinajstić information content (AvgIpc) is 2.93. The van der Waals surface area contributed by atoms with Crippen LogP contribution in [-0.2, 0) is 11.2 Å². The number of aliphatic hydroxyl groups excluding tert-OH is 1. The molecule has 1 atom stereocenters. The van der Waals surface area contributed by atoms with Crippen molar-refractivity contribution in [2.45, 2.75) is 12.5 Å². The van der Waals surface area contributed by atoms with Crippen LogP contribution in [0.15, 0.2) is 42.6 Å². The van der Waals surface area contributed by atoms with Crippen molar-refractivity contribution in [1.82, 2.24) is 20.2 Å². The molecule has 38 heavy (non-hydrogen) atoms. The molecular formula is C26H28Cl2FN5O4. The van der Waals surface area contributed by atoms with E-state index in [0.717, 1.165) is 13.1 Å². The van der Waals surface area contributed by atoms with Crippen LogP contribution in [0.2, 0.25) is 10.0 Å². The second-order valence-electron chi connectivity index (χ2n) is 8.72. The Labute approximate surface area is 229 Å². The van der Waals surface area contributed by atoms with E-state index in [-0.39, 0.29) is 42.2 Å². The molecule has 1 aliphatic rings. The first-order valence-corrected chi connectivity index (χ1v) is 12.8. The second-order valence-corrected chi connectivity index (χ2v) is 9.51. The van der Waals surface area contributed by atoms with Gasteiger partial charge in [0.2, 0.25) is 0 Å². The Morgan fingerprint density at radius 2 is 1.95 bits per heavy atom. The largest absolute Gasteiger partial charge is 0.475 e. The number of ether oxygens (including phenoxy) is 2. The van der Waals surface area contributed by atoms with Gasteiger partial charge >= 0.3 is 0 Å². The molecule has 0 radical (unpaired) electrons. The van der Waals surface area contributed by atoms with Gasteiger partial charge in [-0.3, -0.25) is 9.69 Å². The molecule has 0 aliphatic carbocycles. The van der Waals surface area contributed by atoms with Crippen molar-refractivity contribution in [2.24, 2.45) is 0 Å². The quantitative estimate of drug-likeness (QED) is 0.321. The summed E-state index contributed by atoms with van der Waals surface area (Å²) >= 11 is 12.1. The third kappa shape index (κ3) is 7.30. The zero-order valence-corrected chi connectivity index (χ0v) is 22.0. The first-order chi connectivity index (χ1) is 18.3. The van der Waals surface area contributed by atoms with Gasteiger partial charge in [0.25, 0.3) is 11.8 Å². The highest BCUT2D eigenvalue weighted by Gasteiger charge is 2.17. The maximum Gasteiger partial charge on any atom is 0.257 e. The molecule has 3 aromatic rings. The standard InChI is InChI=1S/C26H28Cl2FN5O4/c27-20-5-6-21(29)23(28)19(20)7-10-38-26-24(30)31-14-22(33-26)16-1-3-17(4-2-16)25(36)32-13-18(35)15-34-8-11-37-12-9-34/h1-6,14,18,35H,7-13,15H2,(H2,30,31)(H,32,36). The third-order valence-electron chi connectivity index (χ3n) is 6.01. The van der Waals surface area contributed by atoms with Crippen molar-refractivity contribution in [3.8, 4) is 17.1 Å². The first-order valence-electron chi connectivity index (χ1n) is 12.1. The van der Waals surface area contributed by atoms with Crippen LogP contribution in [0, 0.1) is 5.82 Å². The lowest BCUT2D eigenvalue weighted by Gasteiger charge is -2.28. The van der Waals surface area contributed by atoms with Gasteiger partial charge in [-0.15, -0.1) is 0 Å². The van der Waals surface area contributed by atoms with Gasteiger partial charge in [0.05, 0.1) is 42.8 Å². The molecule has 2 heterocycles. The minimum absolute atomic E-state index is 0.0513. The van der Waals surface area contributed by atoms with Crippen molar-refractivity contribution in [3.63, 3.8) is 0 Å². The number of aromatic nitrogens is 2. The predicted molar refractivity (Wildman–Crippen MR) is 143 cm³/mol. The Bertz CT molecular complexity index is 1260. The highest BCUT2D eigenvalue weighted by molar-refractivity contribution is 6.36. The Morgan fingerprint density at radius 3 is 2.68 bits per heavy atom. The number of benzene rings is 2. The first kappa shape index (κ1) is 28.0. The zero-order chi connectivity index (χ0) is 27.1. The maximum absolute atomic E-state index is 13.7. The van der Waals surface area contributed by atoms with E-state index in [9.17, 15) is 14.3 Å². The number of halogens is 3. The lowest BCUT2D eigenvalue weighted by molar-refractivity contribution is 0.0149. The normalized spacial score (nSPS) is 14.7. The number of hydrogen-bond donors (Lipinski definition) is 3. The third-order valence-corrected chi connectivity index (χ3v) is 6.77. The Hall–Kier alpha value is -3.02. The van der Waals surface area contributed by atoms with E-state index in [1.807, 2.05) is 0 Å². The van der Waals surface area contributed by atoms with Gasteiger partial charge in [0.1, 0.15) is 5.82 Å². The van der Waals surface area contributed by atoms with E-state index >= 15 is 0 Å². The number of rotatable bonds is 10. The number of β-amino-alcohol motifs (C(OH)–C–C–N with tert-alkyl or cyclic N) is 1. The zero-order valence-electron chi connectivity index (χ0n) is 20.5. The van der Waals surface area contributed by atoms with E-state index in [1.54, 1.807) is 24.3 Å². The summed E-state index contributed by atoms with van der Waals surface area (Å²) in [4.78, 5) is 23.2. The Kier molecular flexibility index (Phi) is 9.70. The van der Waals surface area contributed by atoms with Crippen LogP contribution >= 0.6 is 23.2 Å². The number of nitrogens with two attached hydrogens (primary N) is 1. The smallest absolute Gasteiger partial charge is 0.257 e. The van der Waals surface area contributed by atoms with Crippen molar-refractivity contribution < 1.29 is 23.8 Å². The number of nitrogens with zero attached hydrogens (tertiary/aromatic N) is 3. The number of carbonyl (C=O) groups is 1. The fourth-order valence-electron chi connectivity index (χ4n) is 3.93. The highest BCUT2D eigenvalue weighted by Crippen LogP contribution is 2.28. The van der Waals surface area contributed by atoms with Gasteiger partial charge in [-0.1, -0.05) is 35.3 Å². The van der Waals surface area contributed by atoms with Crippen LogP contribution in [0.4, 0.5) is 10.2 Å². The summed E-state index contributed by atoms with van der Waals surface area (Å²) in [5.41, 5.74) is 7.97. The molecule has 0 bridgehead atoms. The molecule has 1 unspecified atom stereocenters. The van der Waals surface area contributed by atoms with Gasteiger partial charge in [0, 0.05) is 48.7 Å². The monoisotopic (exact) mass is 563 g/mol. The number of nitrogens with one attached hydrogen (secondary N) is 1. The van der Waals surface area contributed by atoms with Crippen LogP contribution in [0.5, 0.6) is 5.88 Å². The number of morpholine rings is 1. The molecule has 4 rings (SSSR count). The summed E-state index contributed by atoms with van der Waals surface area (Å²) in [5.74, 6) is -0.646. The van der Waals surface area contributed by atoms with Crippen molar-refractivity contribution in [2.75, 3.05) is 51.7 Å². The number of amides is 1. The molecule has 2 aromatic carbocycles. The number of hydrogen-bond acceptors (Lipinski definition) is 8. The van der Waals surface area contributed by atoms with E-state index in [2.05, 4.69) is 20.2 Å². The molecule has 12 heteroatoms. The SMILES string of the molecule is Nc1ncc(-c2ccc(C(=O)NCC(O)CN3CCOCC3)cc2)nc1OCCc1c(Cl)ccc(F)c1Cl. The average molecular weight is 564 g/mol. The number of nitrogen functional groups attached to an aromatic ring is 1. The summed E-state index contributed by atoms with van der Waals surface area (Å²) in [6.07, 6.45) is 1.07. The van der Waals surface area contributed by atoms with Crippen LogP contribution in [0.3, 0.4) is 0 Å². The molecule has 1 fully saturated rings. The molecule has 0 spiro atoms. The van der Waals surface area contributed by atoms with Gasteiger partial charge in [0.15, 0.2) is 5.82 Å². The second kappa shape index (κ2) is 13.2. The minimum atomic E-state index is -0.673. The molecule has 1 amide bonds. The van der Waals surface area contributed by atoms with Crippen LogP contribution < -0.4 is 15.8 Å². The molecular weight excluding hydrogens is 536 g/mol. The molecule has 202 valence electrons. The van der Waals surface area contributed by atoms with Gasteiger partial charge in [-0.05, 0) is 29.8 Å². The van der Waals surface area contributed by atoms with Crippen molar-refractivity contribution in [3.05, 3.63) is 69.6 Å². The van der Waals surface area contributed by atoms with E-state index in [0.29, 0.717) is 47.2 Å². The maximum atomic E-state index is 13.7. The summed E-state index contributed by atoms with van der Waals surface area (Å²) in [5, 5.41) is 13.3. The molecule has 4 N–H and O–H groups in total. The molecule has 1 aliphatic heterocycles. The fraction of sp³-hybridized carbons (Fsp3) is 0.346. The highest BCUT2D eigenvalue weighted by atomic mass is 35.5. The molecule has 1 aromatic heterocycles. The van der Waals surface area contributed by atoms with Crippen LogP contribution in [-0.4, -0.2) is 78.0 Å². The number of aliphatic hydroxyl groups is 1. The van der Waals surface area contributed by atoms with Gasteiger partial charge in [-0.2, -0.15) is 0 Å². The number of carbonyl (C=O) groups excluding carboxylic acids is 1. The summed E-state index contributed by atoms with van der Waals surface area (Å²) in [6, 6.07) is 9.42. The Balaban J connectivity index is 1.33. The summed E-state index contributed by atoms with van der Waals surface area (Å²) in [6.45, 7) is 3.55. The topological polar surface area (TPSA) is 123 Å². The van der Waals surface area contributed by atoms with E-state index in [4.69, 9.17) is 38.4 Å². The lowest BCUT2D eigenvalue weighted by atomic mass is 10.1. The van der Waals surface area contributed by atoms with Gasteiger partial charge in [-0.25, -0.2) is 14.4 Å². The van der Waals surface area contributed by atoms with Crippen molar-refractivity contribution in [1.29, 1.82) is 0 Å². The van der Waals surface area contributed by atoms with E-state index in [1.165, 1.54) is 18.3 Å². The lowest BCUT2D eigenvalue weighted by Crippen LogP contribution is -2.44. The summed E-state index contributed by atoms with van der Waals surface area (Å²) < 4.78 is 24.7. The fourth-order valence-corrected chi connectivity index (χ4v) is 4.49. The number of anilines is 1. The predicted octanol–water partition coefficient (Wildman–Crippen LogP) is 3.22. The molecule has 9 nitrogen and oxygen atoms in total. The molecule has 0 saturated carbocycles. The molecule has 1 saturated heterocycles. The van der Waals surface area contributed by atoms with Gasteiger partial charge < -0.3 is 25.6 Å². The van der Waals surface area contributed by atoms with Crippen molar-refractivity contribution >= 4 is 34.9 Å². The Morgan fingerprint density at radius 1 is 1.21 bits per heavy atom. The van der Waals surface area contributed by atoms with E-state index < -0.39 is 11.9 Å². The minimum Gasteiger partial charge on any atom is -0.475 e. The summed E-state index contributed by atoms with van der Waals surface area (Å²) in [7, 11) is 0. The van der Waals surface area contributed by atoms with Crippen LogP contribution in [0.1, 0.15) is 15.9 Å².